The molecule has 1 aromatic heterocycles. The zero-order chi connectivity index (χ0) is 28.2. The Bertz CT molecular complexity index is 1750. The van der Waals surface area contributed by atoms with Crippen LogP contribution in [-0.4, -0.2) is 30.2 Å². The largest absolute Gasteiger partial charge is 0.493 e. The smallest absolute Gasteiger partial charge is 0.343 e. The molecule has 5 rings (SSSR count). The van der Waals surface area contributed by atoms with Gasteiger partial charge in [0.25, 0.3) is 5.91 Å². The van der Waals surface area contributed by atoms with Crippen molar-refractivity contribution in [3.8, 4) is 22.6 Å². The van der Waals surface area contributed by atoms with Gasteiger partial charge in [0.15, 0.2) is 11.5 Å². The van der Waals surface area contributed by atoms with E-state index in [4.69, 9.17) is 32.7 Å². The Kier molecular flexibility index (Phi) is 8.21. The van der Waals surface area contributed by atoms with Crippen molar-refractivity contribution in [1.82, 2.24) is 10.4 Å². The summed E-state index contributed by atoms with van der Waals surface area (Å²) in [5.74, 6) is -0.411. The molecule has 5 aromatic rings. The number of carbonyl (C=O) groups is 2. The number of methoxy groups -OCH3 is 1. The first-order chi connectivity index (χ1) is 19.3. The predicted molar refractivity (Wildman–Crippen MR) is 161 cm³/mol. The Hall–Kier alpha value is -4.11. The lowest BCUT2D eigenvalue weighted by Gasteiger charge is -2.10. The van der Waals surface area contributed by atoms with Crippen molar-refractivity contribution in [3.63, 3.8) is 0 Å². The van der Waals surface area contributed by atoms with Gasteiger partial charge in [-0.05, 0) is 65.7 Å². The van der Waals surface area contributed by atoms with Gasteiger partial charge in [0.1, 0.15) is 5.69 Å². The fraction of sp³-hybridized carbons (Fsp3) is 0.0333. The van der Waals surface area contributed by atoms with Crippen molar-refractivity contribution in [2.24, 2.45) is 5.10 Å². The van der Waals surface area contributed by atoms with Crippen LogP contribution in [-0.2, 0) is 0 Å². The molecule has 0 atom stereocenters. The summed E-state index contributed by atoms with van der Waals surface area (Å²) in [6.45, 7) is 0. The van der Waals surface area contributed by atoms with Crippen LogP contribution in [0.25, 0.3) is 22.0 Å². The molecule has 0 spiro atoms. The zero-order valence-corrected chi connectivity index (χ0v) is 24.0. The van der Waals surface area contributed by atoms with Crippen molar-refractivity contribution in [2.45, 2.75) is 0 Å². The molecule has 0 bridgehead atoms. The fourth-order valence-corrected chi connectivity index (χ4v) is 4.98. The highest BCUT2D eigenvalue weighted by Gasteiger charge is 2.21. The van der Waals surface area contributed by atoms with Gasteiger partial charge in [0.05, 0.1) is 23.9 Å². The summed E-state index contributed by atoms with van der Waals surface area (Å²) in [5, 5.41) is 5.67. The monoisotopic (exact) mass is 635 g/mol. The summed E-state index contributed by atoms with van der Waals surface area (Å²) >= 11 is 16.1. The minimum Gasteiger partial charge on any atom is -0.493 e. The number of carbonyl (C=O) groups excluding carboxylic acids is 2. The summed E-state index contributed by atoms with van der Waals surface area (Å²) in [4.78, 5) is 28.9. The predicted octanol–water partition coefficient (Wildman–Crippen LogP) is 7.90. The van der Waals surface area contributed by atoms with E-state index in [1.807, 2.05) is 30.3 Å². The molecule has 0 unspecified atom stereocenters. The van der Waals surface area contributed by atoms with Gasteiger partial charge in [0.2, 0.25) is 0 Å². The number of nitrogens with one attached hydrogen (secondary N) is 2. The van der Waals surface area contributed by atoms with Gasteiger partial charge in [0, 0.05) is 26.0 Å². The number of H-pyrrole nitrogens is 1. The highest BCUT2D eigenvalue weighted by atomic mass is 79.9. The number of esters is 1. The molecule has 0 saturated heterocycles. The van der Waals surface area contributed by atoms with Crippen molar-refractivity contribution in [2.75, 3.05) is 7.11 Å². The van der Waals surface area contributed by atoms with E-state index < -0.39 is 11.9 Å². The fourth-order valence-electron chi connectivity index (χ4n) is 4.13. The lowest BCUT2D eigenvalue weighted by molar-refractivity contribution is 0.0729. The van der Waals surface area contributed by atoms with Crippen molar-refractivity contribution >= 4 is 68.1 Å². The lowest BCUT2D eigenvalue weighted by Crippen LogP contribution is -2.18. The van der Waals surface area contributed by atoms with Gasteiger partial charge in [-0.15, -0.1) is 0 Å². The highest BCUT2D eigenvalue weighted by molar-refractivity contribution is 9.10. The summed E-state index contributed by atoms with van der Waals surface area (Å²) in [5.41, 5.74) is 5.93. The molecule has 200 valence electrons. The van der Waals surface area contributed by atoms with E-state index in [0.717, 1.165) is 10.0 Å². The minimum atomic E-state index is -0.520. The summed E-state index contributed by atoms with van der Waals surface area (Å²) in [6.07, 6.45) is 1.45. The molecular formula is C30H20BrCl2N3O4. The zero-order valence-electron chi connectivity index (χ0n) is 20.9. The highest BCUT2D eigenvalue weighted by Crippen LogP contribution is 2.38. The first kappa shape index (κ1) is 27.5. The molecule has 7 nitrogen and oxygen atoms in total. The summed E-state index contributed by atoms with van der Waals surface area (Å²) in [7, 11) is 1.47. The van der Waals surface area contributed by atoms with Gasteiger partial charge < -0.3 is 14.5 Å². The van der Waals surface area contributed by atoms with Crippen LogP contribution in [0, 0.1) is 0 Å². The van der Waals surface area contributed by atoms with E-state index in [9.17, 15) is 9.59 Å². The Morgan fingerprint density at radius 1 is 0.950 bits per heavy atom. The van der Waals surface area contributed by atoms with Crippen molar-refractivity contribution in [1.29, 1.82) is 0 Å². The number of hydrogen-bond acceptors (Lipinski definition) is 5. The normalized spacial score (nSPS) is 11.1. The summed E-state index contributed by atoms with van der Waals surface area (Å²) in [6, 6.07) is 24.5. The molecule has 40 heavy (non-hydrogen) atoms. The van der Waals surface area contributed by atoms with Crippen molar-refractivity contribution in [3.05, 3.63) is 116 Å². The quantitative estimate of drug-likeness (QED) is 0.0822. The standard InChI is InChI=1S/C30H20BrCl2N3O4/c1-39-25-13-17(7-12-24(25)40-30(38)19-8-10-20(31)11-9-19)16-34-36-29(37)28-26(18-5-3-2-4-6-18)27-22(33)14-21(32)15-23(27)35-28/h2-16,35H,1H3,(H,36,37). The Morgan fingerprint density at radius 3 is 2.42 bits per heavy atom. The second-order valence-electron chi connectivity index (χ2n) is 8.56. The molecule has 0 aliphatic carbocycles. The molecular weight excluding hydrogens is 617 g/mol. The average molecular weight is 637 g/mol. The third-order valence-electron chi connectivity index (χ3n) is 5.95. The topological polar surface area (TPSA) is 92.8 Å². The number of hydrogen-bond donors (Lipinski definition) is 2. The van der Waals surface area contributed by atoms with E-state index in [1.165, 1.54) is 13.3 Å². The Morgan fingerprint density at radius 2 is 1.70 bits per heavy atom. The molecule has 0 aliphatic rings. The van der Waals surface area contributed by atoms with Gasteiger partial charge in [-0.3, -0.25) is 4.79 Å². The van der Waals surface area contributed by atoms with Crippen LogP contribution in [0.2, 0.25) is 10.0 Å². The minimum absolute atomic E-state index is 0.248. The lowest BCUT2D eigenvalue weighted by atomic mass is 10.0. The first-order valence-corrected chi connectivity index (χ1v) is 13.4. The van der Waals surface area contributed by atoms with Crippen LogP contribution in [0.15, 0.2) is 94.5 Å². The number of nitrogens with zero attached hydrogens (tertiary/aromatic N) is 1. The van der Waals surface area contributed by atoms with E-state index in [-0.39, 0.29) is 11.4 Å². The van der Waals surface area contributed by atoms with Crippen LogP contribution < -0.4 is 14.9 Å². The van der Waals surface area contributed by atoms with E-state index in [2.05, 4.69) is 31.4 Å². The Balaban J connectivity index is 1.36. The number of amides is 1. The van der Waals surface area contributed by atoms with Crippen LogP contribution in [0.3, 0.4) is 0 Å². The molecule has 0 fully saturated rings. The average Bonchev–Trinajstić information content (AvgIpc) is 3.34. The SMILES string of the molecule is COc1cc(C=NNC(=O)c2[nH]c3cc(Cl)cc(Cl)c3c2-c2ccccc2)ccc1OC(=O)c1ccc(Br)cc1. The first-order valence-electron chi connectivity index (χ1n) is 11.9. The molecule has 4 aromatic carbocycles. The number of fused-ring (bicyclic) bond motifs is 1. The maximum atomic E-state index is 13.2. The number of hydrazone groups is 1. The number of aromatic amines is 1. The molecule has 10 heteroatoms. The van der Waals surface area contributed by atoms with Gasteiger partial charge in [-0.1, -0.05) is 69.5 Å². The van der Waals surface area contributed by atoms with E-state index >= 15 is 0 Å². The van der Waals surface area contributed by atoms with E-state index in [1.54, 1.807) is 54.6 Å². The number of rotatable bonds is 7. The third-order valence-corrected chi connectivity index (χ3v) is 7.00. The molecule has 2 N–H and O–H groups in total. The van der Waals surface area contributed by atoms with Crippen LogP contribution in [0.4, 0.5) is 0 Å². The van der Waals surface area contributed by atoms with Gasteiger partial charge in [-0.2, -0.15) is 5.10 Å². The maximum Gasteiger partial charge on any atom is 0.343 e. The number of aromatic nitrogens is 1. The summed E-state index contributed by atoms with van der Waals surface area (Å²) < 4.78 is 11.8. The van der Waals surface area contributed by atoms with Crippen LogP contribution in [0.5, 0.6) is 11.5 Å². The van der Waals surface area contributed by atoms with E-state index in [0.29, 0.717) is 43.4 Å². The molecule has 1 heterocycles. The third kappa shape index (κ3) is 5.89. The van der Waals surface area contributed by atoms with Crippen LogP contribution in [0.1, 0.15) is 26.4 Å². The molecule has 0 aliphatic heterocycles. The van der Waals surface area contributed by atoms with Crippen LogP contribution >= 0.6 is 39.1 Å². The van der Waals surface area contributed by atoms with Gasteiger partial charge >= 0.3 is 5.97 Å². The Labute approximate surface area is 247 Å². The molecule has 0 saturated carbocycles. The number of ether oxygens (including phenoxy) is 2. The maximum absolute atomic E-state index is 13.2. The second-order valence-corrected chi connectivity index (χ2v) is 10.3. The molecule has 1 amide bonds. The van der Waals surface area contributed by atoms with Crippen molar-refractivity contribution < 1.29 is 19.1 Å². The molecule has 0 radical (unpaired) electrons. The second kappa shape index (κ2) is 12.0. The number of halogens is 3. The number of benzene rings is 4. The van der Waals surface area contributed by atoms with Gasteiger partial charge in [-0.25, -0.2) is 10.2 Å².